The Bertz CT molecular complexity index is 385. The molecule has 0 spiro atoms. The van der Waals surface area contributed by atoms with Crippen molar-refractivity contribution >= 4 is 11.8 Å². The fourth-order valence-electron chi connectivity index (χ4n) is 2.56. The van der Waals surface area contributed by atoms with Gasteiger partial charge in [-0.3, -0.25) is 0 Å². The quantitative estimate of drug-likeness (QED) is 0.844. The van der Waals surface area contributed by atoms with Gasteiger partial charge < -0.3 is 11.1 Å². The third kappa shape index (κ3) is 2.51. The van der Waals surface area contributed by atoms with Crippen molar-refractivity contribution in [3.8, 4) is 0 Å². The van der Waals surface area contributed by atoms with Gasteiger partial charge in [-0.2, -0.15) is 4.98 Å². The lowest BCUT2D eigenvalue weighted by Crippen LogP contribution is -2.12. The first-order valence-corrected chi connectivity index (χ1v) is 6.66. The fourth-order valence-corrected chi connectivity index (χ4v) is 2.56. The predicted molar refractivity (Wildman–Crippen MR) is 71.2 cm³/mol. The van der Waals surface area contributed by atoms with E-state index in [9.17, 15) is 0 Å². The summed E-state index contributed by atoms with van der Waals surface area (Å²) in [4.78, 5) is 8.84. The smallest absolute Gasteiger partial charge is 0.222 e. The molecule has 0 atom stereocenters. The van der Waals surface area contributed by atoms with Crippen molar-refractivity contribution in [2.45, 2.75) is 51.9 Å². The molecule has 1 aromatic heterocycles. The van der Waals surface area contributed by atoms with E-state index in [0.717, 1.165) is 31.6 Å². The van der Waals surface area contributed by atoms with Crippen molar-refractivity contribution in [3.05, 3.63) is 11.3 Å². The monoisotopic (exact) mass is 234 g/mol. The van der Waals surface area contributed by atoms with Crippen molar-refractivity contribution in [1.29, 1.82) is 0 Å². The van der Waals surface area contributed by atoms with E-state index >= 15 is 0 Å². The van der Waals surface area contributed by atoms with Gasteiger partial charge in [0.15, 0.2) is 0 Å². The SMILES string of the molecule is CCC(CC)c1nc(N)nc2c1CCCCN2. The van der Waals surface area contributed by atoms with Gasteiger partial charge in [0.1, 0.15) is 5.82 Å². The topological polar surface area (TPSA) is 63.8 Å². The van der Waals surface area contributed by atoms with Gasteiger partial charge in [-0.25, -0.2) is 4.98 Å². The lowest BCUT2D eigenvalue weighted by molar-refractivity contribution is 0.612. The molecule has 0 amide bonds. The molecule has 2 heterocycles. The van der Waals surface area contributed by atoms with Crippen molar-refractivity contribution in [2.75, 3.05) is 17.6 Å². The Balaban J connectivity index is 2.46. The van der Waals surface area contributed by atoms with Crippen LogP contribution in [0.15, 0.2) is 0 Å². The number of fused-ring (bicyclic) bond motifs is 1. The minimum Gasteiger partial charge on any atom is -0.370 e. The number of nitrogens with one attached hydrogen (secondary N) is 1. The molecular weight excluding hydrogens is 212 g/mol. The van der Waals surface area contributed by atoms with E-state index in [1.165, 1.54) is 24.1 Å². The molecule has 0 radical (unpaired) electrons. The summed E-state index contributed by atoms with van der Waals surface area (Å²) in [7, 11) is 0. The minimum absolute atomic E-state index is 0.403. The molecule has 1 aliphatic rings. The summed E-state index contributed by atoms with van der Waals surface area (Å²) < 4.78 is 0. The molecule has 94 valence electrons. The number of aromatic nitrogens is 2. The van der Waals surface area contributed by atoms with Crippen molar-refractivity contribution in [1.82, 2.24) is 9.97 Å². The van der Waals surface area contributed by atoms with E-state index in [4.69, 9.17) is 5.73 Å². The standard InChI is InChI=1S/C13H22N4/c1-3-9(4-2)11-10-7-5-6-8-15-12(10)17-13(14)16-11/h9H,3-8H2,1-2H3,(H3,14,15,16,17). The molecule has 0 aliphatic carbocycles. The zero-order chi connectivity index (χ0) is 12.3. The summed E-state index contributed by atoms with van der Waals surface area (Å²) in [5.74, 6) is 1.88. The molecule has 3 N–H and O–H groups in total. The maximum atomic E-state index is 5.82. The molecule has 1 aliphatic heterocycles. The molecule has 17 heavy (non-hydrogen) atoms. The molecule has 4 nitrogen and oxygen atoms in total. The van der Waals surface area contributed by atoms with Crippen LogP contribution < -0.4 is 11.1 Å². The van der Waals surface area contributed by atoms with Gasteiger partial charge in [0.2, 0.25) is 5.95 Å². The third-order valence-corrected chi connectivity index (χ3v) is 3.57. The van der Waals surface area contributed by atoms with Gasteiger partial charge in [0.25, 0.3) is 0 Å². The summed E-state index contributed by atoms with van der Waals surface area (Å²) in [5.41, 5.74) is 8.29. The Morgan fingerprint density at radius 2 is 2.00 bits per heavy atom. The third-order valence-electron chi connectivity index (χ3n) is 3.57. The highest BCUT2D eigenvalue weighted by Gasteiger charge is 2.20. The zero-order valence-corrected chi connectivity index (χ0v) is 10.8. The molecule has 0 saturated carbocycles. The second-order valence-electron chi connectivity index (χ2n) is 4.69. The average molecular weight is 234 g/mol. The normalized spacial score (nSPS) is 15.2. The van der Waals surface area contributed by atoms with Crippen LogP contribution >= 0.6 is 0 Å². The van der Waals surface area contributed by atoms with Crippen LogP contribution in [0.5, 0.6) is 0 Å². The predicted octanol–water partition coefficient (Wildman–Crippen LogP) is 2.71. The van der Waals surface area contributed by atoms with Gasteiger partial charge in [-0.05, 0) is 32.1 Å². The minimum atomic E-state index is 0.403. The van der Waals surface area contributed by atoms with Gasteiger partial charge in [-0.15, -0.1) is 0 Å². The summed E-state index contributed by atoms with van der Waals surface area (Å²) in [6, 6.07) is 0. The molecule has 0 bridgehead atoms. The molecular formula is C13H22N4. The first-order chi connectivity index (χ1) is 8.26. The largest absolute Gasteiger partial charge is 0.370 e. The Kier molecular flexibility index (Phi) is 3.82. The molecule has 4 heteroatoms. The van der Waals surface area contributed by atoms with E-state index in [2.05, 4.69) is 29.1 Å². The van der Waals surface area contributed by atoms with E-state index in [1.807, 2.05) is 0 Å². The number of hydrogen-bond donors (Lipinski definition) is 2. The first kappa shape index (κ1) is 12.1. The molecule has 0 aromatic carbocycles. The number of nitrogen functional groups attached to an aromatic ring is 1. The van der Waals surface area contributed by atoms with Crippen molar-refractivity contribution < 1.29 is 0 Å². The van der Waals surface area contributed by atoms with Crippen LogP contribution in [0.25, 0.3) is 0 Å². The number of hydrogen-bond acceptors (Lipinski definition) is 4. The summed E-state index contributed by atoms with van der Waals surface area (Å²) in [5, 5.41) is 3.38. The van der Waals surface area contributed by atoms with Crippen LogP contribution in [0.2, 0.25) is 0 Å². The highest BCUT2D eigenvalue weighted by molar-refractivity contribution is 5.51. The number of rotatable bonds is 3. The Labute approximate surface area is 103 Å². The van der Waals surface area contributed by atoms with Crippen molar-refractivity contribution in [2.24, 2.45) is 0 Å². The second kappa shape index (κ2) is 5.34. The maximum Gasteiger partial charge on any atom is 0.222 e. The Morgan fingerprint density at radius 3 is 2.71 bits per heavy atom. The molecule has 0 saturated heterocycles. The molecule has 0 fully saturated rings. The number of anilines is 2. The second-order valence-corrected chi connectivity index (χ2v) is 4.69. The fraction of sp³-hybridized carbons (Fsp3) is 0.692. The first-order valence-electron chi connectivity index (χ1n) is 6.66. The number of nitrogens with two attached hydrogens (primary N) is 1. The molecule has 2 rings (SSSR count). The Morgan fingerprint density at radius 1 is 1.24 bits per heavy atom. The maximum absolute atomic E-state index is 5.82. The van der Waals surface area contributed by atoms with Crippen LogP contribution in [0.1, 0.15) is 56.7 Å². The molecule has 0 unspecified atom stereocenters. The van der Waals surface area contributed by atoms with Crippen molar-refractivity contribution in [3.63, 3.8) is 0 Å². The van der Waals surface area contributed by atoms with Gasteiger partial charge in [0, 0.05) is 18.0 Å². The van der Waals surface area contributed by atoms with Gasteiger partial charge in [-0.1, -0.05) is 13.8 Å². The summed E-state index contributed by atoms with van der Waals surface area (Å²) in [6.45, 7) is 5.41. The highest BCUT2D eigenvalue weighted by Crippen LogP contribution is 2.31. The van der Waals surface area contributed by atoms with Crippen LogP contribution in [0.4, 0.5) is 11.8 Å². The lowest BCUT2D eigenvalue weighted by Gasteiger charge is -2.18. The number of nitrogens with zero attached hydrogens (tertiary/aromatic N) is 2. The van der Waals surface area contributed by atoms with E-state index in [-0.39, 0.29) is 0 Å². The lowest BCUT2D eigenvalue weighted by atomic mass is 9.93. The zero-order valence-electron chi connectivity index (χ0n) is 10.8. The van der Waals surface area contributed by atoms with Crippen LogP contribution in [0, 0.1) is 0 Å². The van der Waals surface area contributed by atoms with Crippen LogP contribution in [-0.4, -0.2) is 16.5 Å². The van der Waals surface area contributed by atoms with E-state index in [0.29, 0.717) is 11.9 Å². The highest BCUT2D eigenvalue weighted by atomic mass is 15.1. The van der Waals surface area contributed by atoms with E-state index < -0.39 is 0 Å². The van der Waals surface area contributed by atoms with Gasteiger partial charge >= 0.3 is 0 Å². The summed E-state index contributed by atoms with van der Waals surface area (Å²) in [6.07, 6.45) is 5.70. The van der Waals surface area contributed by atoms with Crippen LogP contribution in [0.3, 0.4) is 0 Å². The molecule has 1 aromatic rings. The van der Waals surface area contributed by atoms with Gasteiger partial charge in [0.05, 0.1) is 5.69 Å². The van der Waals surface area contributed by atoms with Crippen LogP contribution in [-0.2, 0) is 6.42 Å². The van der Waals surface area contributed by atoms with E-state index in [1.54, 1.807) is 0 Å². The Hall–Kier alpha value is -1.32. The summed E-state index contributed by atoms with van der Waals surface area (Å²) >= 11 is 0. The average Bonchev–Trinajstić information content (AvgIpc) is 2.55.